The quantitative estimate of drug-likeness (QED) is 0.429. The molecule has 3 aliphatic rings. The number of nitriles is 1. The van der Waals surface area contributed by atoms with Crippen LogP contribution in [-0.2, 0) is 34.7 Å². The number of alkyl halides is 3. The molecular formula is C27H22BrClF3N3O7S. The van der Waals surface area contributed by atoms with E-state index in [1.807, 2.05) is 6.07 Å². The monoisotopic (exact) mass is 703 g/mol. The Bertz CT molecular complexity index is 1620. The Morgan fingerprint density at radius 1 is 1.16 bits per heavy atom. The van der Waals surface area contributed by atoms with Crippen LogP contribution in [0.1, 0.15) is 24.8 Å². The predicted molar refractivity (Wildman–Crippen MR) is 147 cm³/mol. The zero-order chi connectivity index (χ0) is 31.2. The third-order valence-electron chi connectivity index (χ3n) is 7.23. The van der Waals surface area contributed by atoms with Crippen molar-refractivity contribution in [3.8, 4) is 11.8 Å². The predicted octanol–water partition coefficient (Wildman–Crippen LogP) is 4.33. The molecule has 2 aromatic carbocycles. The van der Waals surface area contributed by atoms with Gasteiger partial charge in [0.2, 0.25) is 5.91 Å². The van der Waals surface area contributed by atoms with Crippen LogP contribution >= 0.6 is 27.5 Å². The molecular weight excluding hydrogens is 683 g/mol. The Balaban J connectivity index is 1.47. The molecule has 0 radical (unpaired) electrons. The van der Waals surface area contributed by atoms with Crippen LogP contribution in [0.15, 0.2) is 64.4 Å². The Hall–Kier alpha value is -3.48. The van der Waals surface area contributed by atoms with E-state index in [1.165, 1.54) is 0 Å². The van der Waals surface area contributed by atoms with Crippen molar-refractivity contribution >= 4 is 49.2 Å². The molecule has 2 aromatic rings. The minimum Gasteiger partial charge on any atom is -0.484 e. The topological polar surface area (TPSA) is 135 Å². The van der Waals surface area contributed by atoms with Gasteiger partial charge >= 0.3 is 17.9 Å². The Labute approximate surface area is 257 Å². The lowest BCUT2D eigenvalue weighted by atomic mass is 10.0. The summed E-state index contributed by atoms with van der Waals surface area (Å²) in [7, 11) is -4.36. The second-order valence-electron chi connectivity index (χ2n) is 10.2. The maximum Gasteiger partial charge on any atom is 0.422 e. The number of rotatable bonds is 8. The van der Waals surface area contributed by atoms with Gasteiger partial charge in [-0.15, -0.1) is 0 Å². The second kappa shape index (κ2) is 11.2. The van der Waals surface area contributed by atoms with Crippen LogP contribution in [0, 0.1) is 11.3 Å². The second-order valence-corrected chi connectivity index (χ2v) is 13.7. The minimum atomic E-state index is -4.62. The fourth-order valence-electron chi connectivity index (χ4n) is 4.84. The molecule has 5 rings (SSSR count). The maximum atomic E-state index is 14.1. The molecule has 2 aliphatic heterocycles. The molecule has 1 saturated heterocycles. The van der Waals surface area contributed by atoms with E-state index in [0.29, 0.717) is 17.3 Å². The van der Waals surface area contributed by atoms with Crippen molar-refractivity contribution in [2.75, 3.05) is 13.2 Å². The maximum absolute atomic E-state index is 14.1. The highest BCUT2D eigenvalue weighted by Crippen LogP contribution is 2.41. The lowest BCUT2D eigenvalue weighted by Crippen LogP contribution is -2.55. The standard InChI is InChI=1S/C27H22BrClF3N3O7S/c28-17-3-1-16(2-4-17)27(41-9-10-42-27)24(37)35-13-19(12-21(35)23(36)34-25(14-33)7-8-25)43(38,39)22-6-5-18(11-20(22)29)40-15-26(30,31)32/h1-6,9-11,19,21H,7-8,12-13,15H2,(H,34,36)/t19-,21+/m1/s1. The molecule has 0 bridgehead atoms. The van der Waals surface area contributed by atoms with E-state index in [-0.39, 0.29) is 17.7 Å². The number of carbonyl (C=O) groups is 2. The van der Waals surface area contributed by atoms with E-state index in [4.69, 9.17) is 21.1 Å². The molecule has 0 unspecified atom stereocenters. The molecule has 43 heavy (non-hydrogen) atoms. The largest absolute Gasteiger partial charge is 0.484 e. The first-order valence-corrected chi connectivity index (χ1v) is 15.5. The van der Waals surface area contributed by atoms with Crippen molar-refractivity contribution in [2.45, 2.75) is 53.0 Å². The van der Waals surface area contributed by atoms with Crippen molar-refractivity contribution in [3.63, 3.8) is 0 Å². The number of benzene rings is 2. The first kappa shape index (κ1) is 31.0. The molecule has 2 heterocycles. The molecule has 1 aliphatic carbocycles. The summed E-state index contributed by atoms with van der Waals surface area (Å²) in [5.41, 5.74) is -0.840. The van der Waals surface area contributed by atoms with Gasteiger partial charge in [-0.1, -0.05) is 27.5 Å². The summed E-state index contributed by atoms with van der Waals surface area (Å²) < 4.78 is 81.8. The smallest absolute Gasteiger partial charge is 0.422 e. The summed E-state index contributed by atoms with van der Waals surface area (Å²) >= 11 is 9.50. The van der Waals surface area contributed by atoms with Crippen molar-refractivity contribution in [2.24, 2.45) is 0 Å². The fraction of sp³-hybridized carbons (Fsp3) is 0.370. The number of nitrogens with one attached hydrogen (secondary N) is 1. The van der Waals surface area contributed by atoms with Crippen molar-refractivity contribution in [1.29, 1.82) is 5.26 Å². The number of hydrogen-bond acceptors (Lipinski definition) is 8. The van der Waals surface area contributed by atoms with Gasteiger partial charge in [-0.25, -0.2) is 8.42 Å². The number of likely N-dealkylation sites (tertiary alicyclic amines) is 1. The molecule has 16 heteroatoms. The Morgan fingerprint density at radius 2 is 1.81 bits per heavy atom. The lowest BCUT2D eigenvalue weighted by molar-refractivity contribution is -0.193. The first-order valence-electron chi connectivity index (χ1n) is 12.7. The van der Waals surface area contributed by atoms with E-state index in [1.54, 1.807) is 24.3 Å². The van der Waals surface area contributed by atoms with Crippen LogP contribution < -0.4 is 10.1 Å². The molecule has 0 spiro atoms. The van der Waals surface area contributed by atoms with Gasteiger partial charge in [0.15, 0.2) is 16.4 Å². The van der Waals surface area contributed by atoms with Crippen LogP contribution in [0.2, 0.25) is 5.02 Å². The van der Waals surface area contributed by atoms with Gasteiger partial charge in [0.05, 0.1) is 21.2 Å². The zero-order valence-corrected chi connectivity index (χ0v) is 25.1. The molecule has 1 saturated carbocycles. The van der Waals surface area contributed by atoms with Crippen LogP contribution in [0.5, 0.6) is 5.75 Å². The van der Waals surface area contributed by atoms with Crippen molar-refractivity contribution < 1.29 is 45.4 Å². The van der Waals surface area contributed by atoms with Gasteiger partial charge in [-0.05, 0) is 55.7 Å². The molecule has 1 N–H and O–H groups in total. The highest BCUT2D eigenvalue weighted by Gasteiger charge is 2.57. The average molecular weight is 705 g/mol. The molecule has 2 atom stereocenters. The Kier molecular flexibility index (Phi) is 8.08. The summed E-state index contributed by atoms with van der Waals surface area (Å²) in [6.07, 6.45) is -1.89. The number of amides is 2. The summed E-state index contributed by atoms with van der Waals surface area (Å²) in [5.74, 6) is -3.95. The van der Waals surface area contributed by atoms with E-state index in [2.05, 4.69) is 26.0 Å². The lowest BCUT2D eigenvalue weighted by Gasteiger charge is -2.33. The van der Waals surface area contributed by atoms with Crippen LogP contribution in [0.4, 0.5) is 13.2 Å². The van der Waals surface area contributed by atoms with Crippen LogP contribution in [-0.4, -0.2) is 61.3 Å². The van der Waals surface area contributed by atoms with E-state index in [0.717, 1.165) is 35.6 Å². The van der Waals surface area contributed by atoms with Crippen molar-refractivity contribution in [1.82, 2.24) is 10.2 Å². The number of hydrogen-bond donors (Lipinski definition) is 1. The molecule has 2 amide bonds. The summed E-state index contributed by atoms with van der Waals surface area (Å²) in [6.45, 7) is -2.08. The molecule has 228 valence electrons. The van der Waals surface area contributed by atoms with Gasteiger partial charge in [0.25, 0.3) is 0 Å². The van der Waals surface area contributed by atoms with Crippen LogP contribution in [0.25, 0.3) is 0 Å². The minimum absolute atomic E-state index is 0.268. The van der Waals surface area contributed by atoms with E-state index in [9.17, 15) is 36.4 Å². The Morgan fingerprint density at radius 3 is 2.37 bits per heavy atom. The number of sulfone groups is 1. The van der Waals surface area contributed by atoms with Crippen molar-refractivity contribution in [3.05, 3.63) is 70.0 Å². The summed E-state index contributed by atoms with van der Waals surface area (Å²) in [6, 6.07) is 10.1. The number of halogens is 5. The van der Waals surface area contributed by atoms with Gasteiger partial charge in [0, 0.05) is 22.6 Å². The molecule has 2 fully saturated rings. The van der Waals surface area contributed by atoms with Gasteiger partial charge in [-0.2, -0.15) is 18.4 Å². The van der Waals surface area contributed by atoms with Gasteiger partial charge < -0.3 is 24.4 Å². The normalized spacial score (nSPS) is 21.8. The summed E-state index contributed by atoms with van der Waals surface area (Å²) in [4.78, 5) is 28.2. The highest BCUT2D eigenvalue weighted by molar-refractivity contribution is 9.10. The molecule has 0 aromatic heterocycles. The van der Waals surface area contributed by atoms with Crippen LogP contribution in [0.3, 0.4) is 0 Å². The SMILES string of the molecule is N#CC1(NC(=O)[C@@H]2C[C@@H](S(=O)(=O)c3ccc(OCC(F)(F)F)cc3Cl)CN2C(=O)C2(c3ccc(Br)cc3)OC=CO2)CC1. The number of nitrogens with zero attached hydrogens (tertiary/aromatic N) is 2. The third-order valence-corrected chi connectivity index (χ3v) is 10.4. The third kappa shape index (κ3) is 6.13. The fourth-order valence-corrected chi connectivity index (χ4v) is 7.34. The van der Waals surface area contributed by atoms with E-state index < -0.39 is 73.5 Å². The summed E-state index contributed by atoms with van der Waals surface area (Å²) in [5, 5.41) is 10.4. The van der Waals surface area contributed by atoms with Gasteiger partial charge in [0.1, 0.15) is 29.9 Å². The first-order chi connectivity index (χ1) is 20.2. The number of ether oxygens (including phenoxy) is 3. The average Bonchev–Trinajstić information content (AvgIpc) is 3.34. The highest BCUT2D eigenvalue weighted by atomic mass is 79.9. The number of carbonyl (C=O) groups excluding carboxylic acids is 2. The van der Waals surface area contributed by atoms with Gasteiger partial charge in [-0.3, -0.25) is 9.59 Å². The molecule has 10 nitrogen and oxygen atoms in total. The zero-order valence-electron chi connectivity index (χ0n) is 21.9. The van der Waals surface area contributed by atoms with E-state index >= 15 is 0 Å².